The van der Waals surface area contributed by atoms with Crippen molar-refractivity contribution in [1.82, 2.24) is 4.98 Å². The first-order valence-corrected chi connectivity index (χ1v) is 11.9. The Morgan fingerprint density at radius 2 is 1.93 bits per heavy atom. The molecule has 4 rings (SSSR count). The van der Waals surface area contributed by atoms with Crippen LogP contribution < -0.4 is 9.62 Å². The number of nitrogens with one attached hydrogen (secondary N) is 1. The number of aryl methyl sites for hydroxylation is 1. The van der Waals surface area contributed by atoms with Crippen molar-refractivity contribution in [3.8, 4) is 11.3 Å². The minimum atomic E-state index is -3.31. The molecule has 0 bridgehead atoms. The maximum absolute atomic E-state index is 12.7. The number of anilines is 2. The number of nitrogens with zero attached hydrogens (tertiary/aromatic N) is 2. The van der Waals surface area contributed by atoms with Gasteiger partial charge in [-0.15, -0.1) is 11.3 Å². The van der Waals surface area contributed by atoms with Crippen molar-refractivity contribution in [2.45, 2.75) is 13.3 Å². The number of thiazole rings is 1. The van der Waals surface area contributed by atoms with Crippen LogP contribution in [0.4, 0.5) is 10.8 Å². The molecule has 0 unspecified atom stereocenters. The Morgan fingerprint density at radius 1 is 1.21 bits per heavy atom. The van der Waals surface area contributed by atoms with Crippen LogP contribution in [-0.2, 0) is 16.4 Å². The predicted molar refractivity (Wildman–Crippen MR) is 118 cm³/mol. The molecule has 1 aromatic heterocycles. The van der Waals surface area contributed by atoms with Gasteiger partial charge in [0.1, 0.15) is 0 Å². The summed E-state index contributed by atoms with van der Waals surface area (Å²) in [6.07, 6.45) is 1.77. The van der Waals surface area contributed by atoms with Gasteiger partial charge >= 0.3 is 0 Å². The summed E-state index contributed by atoms with van der Waals surface area (Å²) in [6.45, 7) is 2.35. The summed E-state index contributed by atoms with van der Waals surface area (Å²) < 4.78 is 25.1. The molecule has 9 heteroatoms. The number of benzene rings is 2. The van der Waals surface area contributed by atoms with Crippen molar-refractivity contribution < 1.29 is 13.2 Å². The van der Waals surface area contributed by atoms with E-state index in [-0.39, 0.29) is 5.91 Å². The minimum absolute atomic E-state index is 0.276. The van der Waals surface area contributed by atoms with Gasteiger partial charge in [-0.2, -0.15) is 0 Å². The lowest BCUT2D eigenvalue weighted by Gasteiger charge is -2.16. The van der Waals surface area contributed by atoms with E-state index in [0.29, 0.717) is 34.4 Å². The van der Waals surface area contributed by atoms with Crippen molar-refractivity contribution >= 4 is 49.7 Å². The summed E-state index contributed by atoms with van der Waals surface area (Å²) in [4.78, 5) is 18.2. The second-order valence-electron chi connectivity index (χ2n) is 6.81. The number of rotatable bonds is 4. The molecule has 2 aromatic carbocycles. The van der Waals surface area contributed by atoms with Crippen molar-refractivity contribution in [2.75, 3.05) is 22.4 Å². The summed E-state index contributed by atoms with van der Waals surface area (Å²) >= 11 is 7.35. The second-order valence-corrected chi connectivity index (χ2v) is 10.4. The van der Waals surface area contributed by atoms with Gasteiger partial charge in [0.05, 0.1) is 17.6 Å². The third-order valence-corrected chi connectivity index (χ3v) is 7.05. The molecular weight excluding hydrogens is 430 g/mol. The van der Waals surface area contributed by atoms with Gasteiger partial charge in [-0.05, 0) is 49.2 Å². The lowest BCUT2D eigenvalue weighted by molar-refractivity contribution is 0.102. The SMILES string of the molecule is Cc1sc(NC(=O)c2ccc3c(c2)CCN3S(C)(=O)=O)nc1-c1ccc(Cl)cc1. The van der Waals surface area contributed by atoms with Gasteiger partial charge in [0, 0.05) is 27.6 Å². The topological polar surface area (TPSA) is 79.4 Å². The van der Waals surface area contributed by atoms with Crippen LogP contribution in [-0.4, -0.2) is 32.1 Å². The van der Waals surface area contributed by atoms with E-state index in [4.69, 9.17) is 11.6 Å². The zero-order chi connectivity index (χ0) is 20.8. The Balaban J connectivity index is 1.55. The molecule has 1 N–H and O–H groups in total. The highest BCUT2D eigenvalue weighted by atomic mass is 35.5. The van der Waals surface area contributed by atoms with Gasteiger partial charge in [0.25, 0.3) is 5.91 Å². The minimum Gasteiger partial charge on any atom is -0.298 e. The number of amides is 1. The Morgan fingerprint density at radius 3 is 2.62 bits per heavy atom. The Labute approximate surface area is 178 Å². The van der Waals surface area contributed by atoms with E-state index >= 15 is 0 Å². The molecule has 0 radical (unpaired) electrons. The molecule has 0 saturated carbocycles. The largest absolute Gasteiger partial charge is 0.298 e. The molecule has 0 spiro atoms. The Hall–Kier alpha value is -2.42. The van der Waals surface area contributed by atoms with Crippen LogP contribution in [0.1, 0.15) is 20.8 Å². The molecule has 0 aliphatic carbocycles. The zero-order valence-corrected chi connectivity index (χ0v) is 18.2. The van der Waals surface area contributed by atoms with E-state index in [2.05, 4.69) is 10.3 Å². The van der Waals surface area contributed by atoms with Crippen molar-refractivity contribution in [3.63, 3.8) is 0 Å². The van der Waals surface area contributed by atoms with Gasteiger partial charge in [-0.1, -0.05) is 23.7 Å². The highest BCUT2D eigenvalue weighted by Gasteiger charge is 2.27. The fraction of sp³-hybridized carbons (Fsp3) is 0.200. The van der Waals surface area contributed by atoms with Crippen molar-refractivity contribution in [2.24, 2.45) is 0 Å². The smallest absolute Gasteiger partial charge is 0.257 e. The van der Waals surface area contributed by atoms with E-state index in [9.17, 15) is 13.2 Å². The monoisotopic (exact) mass is 447 g/mol. The summed E-state index contributed by atoms with van der Waals surface area (Å²) in [5, 5.41) is 4.01. The van der Waals surface area contributed by atoms with Crippen molar-refractivity contribution in [1.29, 1.82) is 0 Å². The zero-order valence-electron chi connectivity index (χ0n) is 15.8. The molecule has 6 nitrogen and oxygen atoms in total. The number of carbonyl (C=O) groups is 1. The van der Waals surface area contributed by atoms with Gasteiger partial charge in [-0.25, -0.2) is 13.4 Å². The maximum atomic E-state index is 12.7. The molecule has 1 aliphatic heterocycles. The summed E-state index contributed by atoms with van der Waals surface area (Å²) in [7, 11) is -3.31. The molecule has 0 atom stereocenters. The van der Waals surface area contributed by atoms with Crippen LogP contribution in [0.25, 0.3) is 11.3 Å². The molecular formula is C20H18ClN3O3S2. The number of carbonyl (C=O) groups excluding carboxylic acids is 1. The number of aromatic nitrogens is 1. The first kappa shape index (κ1) is 19.9. The van der Waals surface area contributed by atoms with E-state index in [1.54, 1.807) is 30.3 Å². The number of hydrogen-bond donors (Lipinski definition) is 1. The summed E-state index contributed by atoms with van der Waals surface area (Å²) in [5.74, 6) is -0.276. The third-order valence-electron chi connectivity index (χ3n) is 4.73. The number of hydrogen-bond acceptors (Lipinski definition) is 5. The quantitative estimate of drug-likeness (QED) is 0.644. The van der Waals surface area contributed by atoms with Gasteiger partial charge in [0.15, 0.2) is 5.13 Å². The van der Waals surface area contributed by atoms with Crippen LogP contribution in [0.3, 0.4) is 0 Å². The second kappa shape index (κ2) is 7.44. The summed E-state index contributed by atoms with van der Waals surface area (Å²) in [6, 6.07) is 12.5. The lowest BCUT2D eigenvalue weighted by atomic mass is 10.1. The van der Waals surface area contributed by atoms with E-state index in [1.165, 1.54) is 21.9 Å². The fourth-order valence-electron chi connectivity index (χ4n) is 3.35. The predicted octanol–water partition coefficient (Wildman–Crippen LogP) is 4.35. The average molecular weight is 448 g/mol. The van der Waals surface area contributed by atoms with E-state index in [0.717, 1.165) is 21.7 Å². The average Bonchev–Trinajstić information content (AvgIpc) is 3.25. The number of halogens is 1. The molecule has 0 fully saturated rings. The first-order chi connectivity index (χ1) is 13.7. The third kappa shape index (κ3) is 4.01. The summed E-state index contributed by atoms with van der Waals surface area (Å²) in [5.41, 5.74) is 3.70. The maximum Gasteiger partial charge on any atom is 0.257 e. The van der Waals surface area contributed by atoms with Crippen LogP contribution in [0.5, 0.6) is 0 Å². The van der Waals surface area contributed by atoms with Crippen LogP contribution in [0.15, 0.2) is 42.5 Å². The Kier molecular flexibility index (Phi) is 5.10. The molecule has 150 valence electrons. The molecule has 3 aromatic rings. The molecule has 29 heavy (non-hydrogen) atoms. The van der Waals surface area contributed by atoms with Gasteiger partial charge in [0.2, 0.25) is 10.0 Å². The molecule has 0 saturated heterocycles. The van der Waals surface area contributed by atoms with Gasteiger partial charge in [-0.3, -0.25) is 14.4 Å². The van der Waals surface area contributed by atoms with Gasteiger partial charge < -0.3 is 0 Å². The first-order valence-electron chi connectivity index (χ1n) is 8.88. The highest BCUT2D eigenvalue weighted by molar-refractivity contribution is 7.92. The molecule has 2 heterocycles. The lowest BCUT2D eigenvalue weighted by Crippen LogP contribution is -2.27. The Bertz CT molecular complexity index is 1200. The highest BCUT2D eigenvalue weighted by Crippen LogP contribution is 2.33. The van der Waals surface area contributed by atoms with Crippen molar-refractivity contribution in [3.05, 3.63) is 63.5 Å². The van der Waals surface area contributed by atoms with E-state index < -0.39 is 10.0 Å². The molecule has 1 amide bonds. The van der Waals surface area contributed by atoms with Crippen LogP contribution in [0.2, 0.25) is 5.02 Å². The van der Waals surface area contributed by atoms with Crippen LogP contribution >= 0.6 is 22.9 Å². The fourth-order valence-corrected chi connectivity index (χ4v) is 5.27. The number of fused-ring (bicyclic) bond motifs is 1. The number of sulfonamides is 1. The molecule has 1 aliphatic rings. The van der Waals surface area contributed by atoms with Crippen LogP contribution in [0, 0.1) is 6.92 Å². The normalized spacial score (nSPS) is 13.4. The van der Waals surface area contributed by atoms with E-state index in [1.807, 2.05) is 19.1 Å². The standard InChI is InChI=1S/C20H18ClN3O3S2/c1-12-18(13-3-6-16(21)7-4-13)22-20(28-12)23-19(25)15-5-8-17-14(11-15)9-10-24(17)29(2,26)27/h3-8,11H,9-10H2,1-2H3,(H,22,23,25).